The van der Waals surface area contributed by atoms with Crippen molar-refractivity contribution in [2.75, 3.05) is 23.8 Å². The molecular weight excluding hydrogens is 548 g/mol. The summed E-state index contributed by atoms with van der Waals surface area (Å²) in [6, 6.07) is 7.55. The van der Waals surface area contributed by atoms with Gasteiger partial charge < -0.3 is 20.1 Å². The number of carbonyl (C=O) groups excluding carboxylic acids is 4. The van der Waals surface area contributed by atoms with Crippen LogP contribution in [0.4, 0.5) is 0 Å². The summed E-state index contributed by atoms with van der Waals surface area (Å²) >= 11 is 2.80. The smallest absolute Gasteiger partial charge is 0.329 e. The van der Waals surface area contributed by atoms with Crippen molar-refractivity contribution in [3.63, 3.8) is 0 Å². The monoisotopic (exact) mass is 592 g/mol. The fraction of sp³-hybridized carbons (Fsp3) is 0.667. The Kier molecular flexibility index (Phi) is 12.8. The Labute approximate surface area is 246 Å². The lowest BCUT2D eigenvalue weighted by molar-refractivity contribution is -0.155. The molecule has 2 heterocycles. The minimum absolute atomic E-state index is 0.0142. The quantitative estimate of drug-likeness (QED) is 0.473. The summed E-state index contributed by atoms with van der Waals surface area (Å²) in [5.74, 6) is 0.0443. The molecule has 2 fully saturated rings. The van der Waals surface area contributed by atoms with Gasteiger partial charge in [-0.1, -0.05) is 88.5 Å². The van der Waals surface area contributed by atoms with Crippen LogP contribution in [0.15, 0.2) is 30.3 Å². The molecule has 1 aromatic rings. The summed E-state index contributed by atoms with van der Waals surface area (Å²) < 4.78 is 5.50. The number of nitrogens with zero attached hydrogens (tertiary/aromatic N) is 1. The molecule has 2 amide bonds. The molecule has 3 rings (SSSR count). The van der Waals surface area contributed by atoms with Crippen LogP contribution in [0.3, 0.4) is 0 Å². The van der Waals surface area contributed by atoms with Gasteiger partial charge in [-0.15, -0.1) is 0 Å². The van der Waals surface area contributed by atoms with Gasteiger partial charge in [0.1, 0.15) is 18.7 Å². The van der Waals surface area contributed by atoms with Crippen molar-refractivity contribution in [2.24, 2.45) is 11.3 Å². The van der Waals surface area contributed by atoms with E-state index in [4.69, 9.17) is 4.74 Å². The van der Waals surface area contributed by atoms with Gasteiger partial charge in [0.25, 0.3) is 0 Å². The molecule has 0 bridgehead atoms. The molecule has 0 aliphatic carbocycles. The molecule has 10 heteroatoms. The Morgan fingerprint density at radius 1 is 1.10 bits per heavy atom. The Morgan fingerprint density at radius 2 is 1.80 bits per heavy atom. The summed E-state index contributed by atoms with van der Waals surface area (Å²) in [5, 5.41) is 13.4. The number of aliphatic hydroxyl groups excluding tert-OH is 1. The number of rotatable bonds is 6. The highest BCUT2D eigenvalue weighted by Crippen LogP contribution is 2.27. The highest BCUT2D eigenvalue weighted by molar-refractivity contribution is 8.13. The van der Waals surface area contributed by atoms with Crippen LogP contribution >= 0.6 is 23.5 Å². The first kappa shape index (κ1) is 32.5. The summed E-state index contributed by atoms with van der Waals surface area (Å²) in [6.45, 7) is 5.69. The van der Waals surface area contributed by atoms with E-state index in [1.165, 1.54) is 16.7 Å². The predicted molar refractivity (Wildman–Crippen MR) is 160 cm³/mol. The molecule has 4 atom stereocenters. The van der Waals surface area contributed by atoms with Crippen LogP contribution in [0.1, 0.15) is 71.3 Å². The second-order valence-electron chi connectivity index (χ2n) is 11.7. The van der Waals surface area contributed by atoms with E-state index in [0.717, 1.165) is 43.4 Å². The summed E-state index contributed by atoms with van der Waals surface area (Å²) in [4.78, 5) is 54.2. The summed E-state index contributed by atoms with van der Waals surface area (Å²) in [6.07, 6.45) is 5.07. The normalized spacial score (nSPS) is 25.2. The first-order valence-electron chi connectivity index (χ1n) is 14.3. The molecular formula is C30H44N2O6S2. The number of aliphatic hydroxyl groups is 1. The second kappa shape index (κ2) is 15.8. The molecule has 1 aromatic carbocycles. The van der Waals surface area contributed by atoms with Gasteiger partial charge in [0.05, 0.1) is 6.10 Å². The Hall–Kier alpha value is -2.04. The Balaban J connectivity index is 1.71. The average molecular weight is 593 g/mol. The zero-order chi connectivity index (χ0) is 29.1. The van der Waals surface area contributed by atoms with Crippen molar-refractivity contribution in [3.05, 3.63) is 35.9 Å². The van der Waals surface area contributed by atoms with E-state index < -0.39 is 35.5 Å². The molecule has 0 radical (unpaired) electrons. The van der Waals surface area contributed by atoms with E-state index in [-0.39, 0.29) is 36.5 Å². The van der Waals surface area contributed by atoms with Crippen LogP contribution in [0.5, 0.6) is 0 Å². The number of esters is 1. The minimum Gasteiger partial charge on any atom is -0.459 e. The van der Waals surface area contributed by atoms with Crippen molar-refractivity contribution in [3.8, 4) is 0 Å². The van der Waals surface area contributed by atoms with E-state index in [0.29, 0.717) is 17.9 Å². The van der Waals surface area contributed by atoms with E-state index in [1.54, 1.807) is 11.8 Å². The highest BCUT2D eigenvalue weighted by Gasteiger charge is 2.42. The Bertz CT molecular complexity index is 1000. The molecule has 0 spiro atoms. The van der Waals surface area contributed by atoms with Crippen molar-refractivity contribution >= 4 is 46.4 Å². The molecule has 2 N–H and O–H groups in total. The largest absolute Gasteiger partial charge is 0.459 e. The van der Waals surface area contributed by atoms with Gasteiger partial charge in [-0.05, 0) is 24.2 Å². The minimum atomic E-state index is -0.909. The maximum Gasteiger partial charge on any atom is 0.329 e. The number of β-amino-alcohol motifs (C(OH)–C–C–N with tert-alkyl or cyclic N) is 1. The molecule has 8 nitrogen and oxygen atoms in total. The number of hydrogen-bond acceptors (Lipinski definition) is 8. The number of thioether (sulfide) groups is 2. The van der Waals surface area contributed by atoms with Gasteiger partial charge >= 0.3 is 5.97 Å². The first-order valence-corrected chi connectivity index (χ1v) is 16.4. The molecule has 40 heavy (non-hydrogen) atoms. The van der Waals surface area contributed by atoms with Crippen molar-refractivity contribution in [1.82, 2.24) is 10.2 Å². The number of hydrogen-bond donors (Lipinski definition) is 2. The fourth-order valence-corrected chi connectivity index (χ4v) is 6.92. The topological polar surface area (TPSA) is 113 Å². The zero-order valence-electron chi connectivity index (χ0n) is 23.9. The van der Waals surface area contributed by atoms with E-state index in [2.05, 4.69) is 5.32 Å². The van der Waals surface area contributed by atoms with Gasteiger partial charge in [-0.3, -0.25) is 14.4 Å². The second-order valence-corrected chi connectivity index (χ2v) is 13.9. The van der Waals surface area contributed by atoms with Gasteiger partial charge in [-0.2, -0.15) is 11.8 Å². The van der Waals surface area contributed by atoms with Crippen LogP contribution in [-0.2, 0) is 30.5 Å². The number of nitrogens with one attached hydrogen (secondary N) is 1. The molecule has 0 saturated carbocycles. The number of carbonyl (C=O) groups is 4. The average Bonchev–Trinajstić information content (AvgIpc) is 3.32. The van der Waals surface area contributed by atoms with E-state index in [9.17, 15) is 24.3 Å². The van der Waals surface area contributed by atoms with Gasteiger partial charge in [0.15, 0.2) is 5.12 Å². The lowest BCUT2D eigenvalue weighted by Gasteiger charge is -2.29. The van der Waals surface area contributed by atoms with E-state index >= 15 is 0 Å². The van der Waals surface area contributed by atoms with Crippen LogP contribution in [0, 0.1) is 11.3 Å². The molecule has 2 aliphatic heterocycles. The molecule has 0 aromatic heterocycles. The van der Waals surface area contributed by atoms with Gasteiger partial charge in [-0.25, -0.2) is 4.79 Å². The fourth-order valence-electron chi connectivity index (χ4n) is 4.78. The SMILES string of the molecule is CC(C)(C)C(=O)SCC1CCCCCCCSC[C@@H](C(=O)N2C[C@H](O)C[C@H]2C(=O)OCc2ccccc2)NC1=O. The third-order valence-electron chi connectivity index (χ3n) is 7.20. The Morgan fingerprint density at radius 3 is 2.52 bits per heavy atom. The van der Waals surface area contributed by atoms with Gasteiger partial charge in [0, 0.05) is 35.8 Å². The number of benzene rings is 1. The predicted octanol–water partition coefficient (Wildman–Crippen LogP) is 4.19. The standard InChI is InChI=1S/C30H44N2O6S2/c1-30(2,3)29(37)40-19-22-14-10-5-4-6-11-15-39-20-24(31-26(22)34)27(35)32-17-23(33)16-25(32)28(36)38-18-21-12-8-7-9-13-21/h7-9,12-13,22-25,33H,4-6,10-11,14-20H2,1-3H3,(H,31,34)/t22?,23-,24+,25+/m1/s1. The maximum absolute atomic E-state index is 13.8. The van der Waals surface area contributed by atoms with E-state index in [1.807, 2.05) is 51.1 Å². The number of ether oxygens (including phenoxy) is 1. The number of amides is 2. The lowest BCUT2D eigenvalue weighted by Crippen LogP contribution is -2.54. The molecule has 2 aliphatic rings. The third-order valence-corrected chi connectivity index (χ3v) is 9.79. The zero-order valence-corrected chi connectivity index (χ0v) is 25.6. The van der Waals surface area contributed by atoms with Crippen molar-refractivity contribution < 1.29 is 29.0 Å². The molecule has 2 saturated heterocycles. The van der Waals surface area contributed by atoms with Crippen LogP contribution < -0.4 is 5.32 Å². The first-order chi connectivity index (χ1) is 19.1. The molecule has 222 valence electrons. The molecule has 1 unspecified atom stereocenters. The summed E-state index contributed by atoms with van der Waals surface area (Å²) in [7, 11) is 0. The van der Waals surface area contributed by atoms with Crippen LogP contribution in [-0.4, -0.2) is 74.9 Å². The van der Waals surface area contributed by atoms with Crippen LogP contribution in [0.25, 0.3) is 0 Å². The lowest BCUT2D eigenvalue weighted by atomic mass is 9.99. The van der Waals surface area contributed by atoms with Crippen LogP contribution in [0.2, 0.25) is 0 Å². The van der Waals surface area contributed by atoms with Crippen molar-refractivity contribution in [2.45, 2.75) is 90.5 Å². The van der Waals surface area contributed by atoms with Gasteiger partial charge in [0.2, 0.25) is 11.8 Å². The number of likely N-dealkylation sites (tertiary alicyclic amines) is 1. The van der Waals surface area contributed by atoms with Crippen molar-refractivity contribution in [1.29, 1.82) is 0 Å². The maximum atomic E-state index is 13.8. The summed E-state index contributed by atoms with van der Waals surface area (Å²) in [5.41, 5.74) is 0.334. The third kappa shape index (κ3) is 10.1. The highest BCUT2D eigenvalue weighted by atomic mass is 32.2.